The van der Waals surface area contributed by atoms with Crippen LogP contribution in [0.5, 0.6) is 0 Å². The molecular weight excluding hydrogens is 250 g/mol. The van der Waals surface area contributed by atoms with Crippen LogP contribution < -0.4 is 5.32 Å². The van der Waals surface area contributed by atoms with Crippen LogP contribution in [0.15, 0.2) is 40.3 Å². The SMILES string of the molecule is C/C(=N/O)c1cccc(NC(=O)c2cscn2)c1. The number of benzene rings is 1. The van der Waals surface area contributed by atoms with Gasteiger partial charge in [-0.25, -0.2) is 4.98 Å². The van der Waals surface area contributed by atoms with Crippen molar-refractivity contribution < 1.29 is 10.0 Å². The van der Waals surface area contributed by atoms with Gasteiger partial charge in [-0.1, -0.05) is 17.3 Å². The Morgan fingerprint density at radius 2 is 2.33 bits per heavy atom. The number of anilines is 1. The zero-order valence-electron chi connectivity index (χ0n) is 9.62. The quantitative estimate of drug-likeness (QED) is 0.506. The van der Waals surface area contributed by atoms with Crippen LogP contribution in [0, 0.1) is 0 Å². The first-order chi connectivity index (χ1) is 8.70. The second-order valence-electron chi connectivity index (χ2n) is 3.59. The van der Waals surface area contributed by atoms with Gasteiger partial charge in [0.25, 0.3) is 5.91 Å². The maximum Gasteiger partial charge on any atom is 0.275 e. The average molecular weight is 261 g/mol. The summed E-state index contributed by atoms with van der Waals surface area (Å²) < 4.78 is 0. The number of hydrogen-bond donors (Lipinski definition) is 2. The summed E-state index contributed by atoms with van der Waals surface area (Å²) in [5, 5.41) is 16.2. The smallest absolute Gasteiger partial charge is 0.275 e. The van der Waals surface area contributed by atoms with E-state index in [0.29, 0.717) is 17.1 Å². The summed E-state index contributed by atoms with van der Waals surface area (Å²) >= 11 is 1.37. The maximum absolute atomic E-state index is 11.8. The Morgan fingerprint density at radius 3 is 3.00 bits per heavy atom. The highest BCUT2D eigenvalue weighted by Crippen LogP contribution is 2.13. The lowest BCUT2D eigenvalue weighted by Crippen LogP contribution is -2.12. The number of carbonyl (C=O) groups excluding carboxylic acids is 1. The van der Waals surface area contributed by atoms with Crippen molar-refractivity contribution in [3.8, 4) is 0 Å². The zero-order valence-corrected chi connectivity index (χ0v) is 10.4. The van der Waals surface area contributed by atoms with Crippen LogP contribution in [0.3, 0.4) is 0 Å². The number of carbonyl (C=O) groups is 1. The van der Waals surface area contributed by atoms with Crippen LogP contribution in [0.25, 0.3) is 0 Å². The number of aromatic nitrogens is 1. The highest BCUT2D eigenvalue weighted by atomic mass is 32.1. The summed E-state index contributed by atoms with van der Waals surface area (Å²) in [6, 6.07) is 7.08. The van der Waals surface area contributed by atoms with Gasteiger partial charge in [-0.15, -0.1) is 11.3 Å². The molecule has 2 rings (SSSR count). The van der Waals surface area contributed by atoms with Gasteiger partial charge in [0.15, 0.2) is 0 Å². The van der Waals surface area contributed by atoms with E-state index in [2.05, 4.69) is 15.5 Å². The van der Waals surface area contributed by atoms with Gasteiger partial charge in [-0.2, -0.15) is 0 Å². The molecule has 0 aliphatic heterocycles. The molecule has 1 amide bonds. The molecule has 2 aromatic rings. The van der Waals surface area contributed by atoms with Crippen molar-refractivity contribution in [3.05, 3.63) is 46.4 Å². The Labute approximate surface area is 108 Å². The van der Waals surface area contributed by atoms with E-state index in [4.69, 9.17) is 5.21 Å². The van der Waals surface area contributed by atoms with Crippen molar-refractivity contribution in [1.82, 2.24) is 4.98 Å². The van der Waals surface area contributed by atoms with Crippen molar-refractivity contribution >= 4 is 28.6 Å². The minimum absolute atomic E-state index is 0.257. The topological polar surface area (TPSA) is 74.6 Å². The molecular formula is C12H11N3O2S. The molecule has 18 heavy (non-hydrogen) atoms. The predicted molar refractivity (Wildman–Crippen MR) is 70.5 cm³/mol. The average Bonchev–Trinajstić information content (AvgIpc) is 2.92. The molecule has 6 heteroatoms. The molecule has 0 atom stereocenters. The molecule has 0 aliphatic rings. The number of hydrogen-bond acceptors (Lipinski definition) is 5. The lowest BCUT2D eigenvalue weighted by atomic mass is 10.1. The molecule has 1 aromatic heterocycles. The lowest BCUT2D eigenvalue weighted by molar-refractivity contribution is 0.102. The molecule has 0 unspecified atom stereocenters. The fraction of sp³-hybridized carbons (Fsp3) is 0.0833. The number of thiazole rings is 1. The Balaban J connectivity index is 2.17. The Kier molecular flexibility index (Phi) is 3.69. The maximum atomic E-state index is 11.8. The summed E-state index contributed by atoms with van der Waals surface area (Å²) in [5.41, 5.74) is 3.85. The molecule has 5 nitrogen and oxygen atoms in total. The summed E-state index contributed by atoms with van der Waals surface area (Å²) in [6.07, 6.45) is 0. The third-order valence-corrected chi connectivity index (χ3v) is 2.94. The number of rotatable bonds is 3. The van der Waals surface area contributed by atoms with Crippen LogP contribution in [-0.4, -0.2) is 21.8 Å². The van der Waals surface area contributed by atoms with Crippen LogP contribution in [0.1, 0.15) is 23.0 Å². The van der Waals surface area contributed by atoms with Crippen LogP contribution in [0.2, 0.25) is 0 Å². The molecule has 0 saturated carbocycles. The van der Waals surface area contributed by atoms with E-state index in [1.165, 1.54) is 11.3 Å². The third kappa shape index (κ3) is 2.72. The molecule has 0 aliphatic carbocycles. The third-order valence-electron chi connectivity index (χ3n) is 2.35. The predicted octanol–water partition coefficient (Wildman–Crippen LogP) is 2.59. The largest absolute Gasteiger partial charge is 0.411 e. The van der Waals surface area contributed by atoms with Gasteiger partial charge in [-0.05, 0) is 19.1 Å². The van der Waals surface area contributed by atoms with E-state index in [1.54, 1.807) is 42.1 Å². The number of nitrogens with zero attached hydrogens (tertiary/aromatic N) is 2. The normalized spacial score (nSPS) is 11.3. The van der Waals surface area contributed by atoms with Gasteiger partial charge in [-0.3, -0.25) is 4.79 Å². The summed E-state index contributed by atoms with van der Waals surface area (Å²) in [4.78, 5) is 15.7. The zero-order chi connectivity index (χ0) is 13.0. The highest BCUT2D eigenvalue weighted by Gasteiger charge is 2.08. The molecule has 1 aromatic carbocycles. The molecule has 0 fully saturated rings. The Hall–Kier alpha value is -2.21. The first kappa shape index (κ1) is 12.3. The molecule has 0 bridgehead atoms. The van der Waals surface area contributed by atoms with E-state index in [9.17, 15) is 4.79 Å². The molecule has 0 saturated heterocycles. The van der Waals surface area contributed by atoms with Crippen molar-refractivity contribution in [2.75, 3.05) is 5.32 Å². The van der Waals surface area contributed by atoms with Crippen LogP contribution in [-0.2, 0) is 0 Å². The van der Waals surface area contributed by atoms with Gasteiger partial charge in [0.1, 0.15) is 5.69 Å². The Morgan fingerprint density at radius 1 is 1.50 bits per heavy atom. The Bertz CT molecular complexity index is 579. The molecule has 0 radical (unpaired) electrons. The van der Waals surface area contributed by atoms with E-state index in [-0.39, 0.29) is 5.91 Å². The molecule has 92 valence electrons. The second-order valence-corrected chi connectivity index (χ2v) is 4.31. The number of nitrogens with one attached hydrogen (secondary N) is 1. The summed E-state index contributed by atoms with van der Waals surface area (Å²) in [5.74, 6) is -0.257. The van der Waals surface area contributed by atoms with E-state index < -0.39 is 0 Å². The van der Waals surface area contributed by atoms with Crippen LogP contribution in [0.4, 0.5) is 5.69 Å². The van der Waals surface area contributed by atoms with Gasteiger partial charge < -0.3 is 10.5 Å². The van der Waals surface area contributed by atoms with Gasteiger partial charge in [0, 0.05) is 16.6 Å². The van der Waals surface area contributed by atoms with Crippen molar-refractivity contribution in [3.63, 3.8) is 0 Å². The van der Waals surface area contributed by atoms with E-state index in [0.717, 1.165) is 5.56 Å². The van der Waals surface area contributed by atoms with Crippen LogP contribution >= 0.6 is 11.3 Å². The fourth-order valence-electron chi connectivity index (χ4n) is 1.40. The standard InChI is InChI=1S/C12H11N3O2S/c1-8(15-17)9-3-2-4-10(5-9)14-12(16)11-6-18-7-13-11/h2-7,17H,1H3,(H,14,16)/b15-8-. The minimum Gasteiger partial charge on any atom is -0.411 e. The van der Waals surface area contributed by atoms with Crippen molar-refractivity contribution in [2.24, 2.45) is 5.16 Å². The van der Waals surface area contributed by atoms with Crippen molar-refractivity contribution in [2.45, 2.75) is 6.92 Å². The summed E-state index contributed by atoms with van der Waals surface area (Å²) in [6.45, 7) is 1.68. The fourth-order valence-corrected chi connectivity index (χ4v) is 1.93. The molecule has 2 N–H and O–H groups in total. The highest BCUT2D eigenvalue weighted by molar-refractivity contribution is 7.07. The lowest BCUT2D eigenvalue weighted by Gasteiger charge is -2.05. The monoisotopic (exact) mass is 261 g/mol. The first-order valence-electron chi connectivity index (χ1n) is 5.19. The second kappa shape index (κ2) is 5.42. The van der Waals surface area contributed by atoms with E-state index >= 15 is 0 Å². The first-order valence-corrected chi connectivity index (χ1v) is 6.13. The summed E-state index contributed by atoms with van der Waals surface area (Å²) in [7, 11) is 0. The molecule has 0 spiro atoms. The van der Waals surface area contributed by atoms with Gasteiger partial charge in [0.2, 0.25) is 0 Å². The number of oxime groups is 1. The van der Waals surface area contributed by atoms with Gasteiger partial charge in [0.05, 0.1) is 11.2 Å². The molecule has 1 heterocycles. The van der Waals surface area contributed by atoms with Crippen molar-refractivity contribution in [1.29, 1.82) is 0 Å². The van der Waals surface area contributed by atoms with E-state index in [1.807, 2.05) is 0 Å². The number of amides is 1. The minimum atomic E-state index is -0.257. The van der Waals surface area contributed by atoms with Gasteiger partial charge >= 0.3 is 0 Å².